The van der Waals surface area contributed by atoms with Crippen molar-refractivity contribution < 1.29 is 9.53 Å². The van der Waals surface area contributed by atoms with Crippen molar-refractivity contribution in [1.82, 2.24) is 9.88 Å². The zero-order valence-corrected chi connectivity index (χ0v) is 18.4. The molecule has 0 aliphatic carbocycles. The Morgan fingerprint density at radius 2 is 1.64 bits per heavy atom. The van der Waals surface area contributed by atoms with E-state index in [1.165, 1.54) is 3.57 Å². The van der Waals surface area contributed by atoms with Crippen LogP contribution in [-0.2, 0) is 11.3 Å². The zero-order chi connectivity index (χ0) is 19.6. The van der Waals surface area contributed by atoms with Crippen molar-refractivity contribution in [2.75, 3.05) is 31.1 Å². The molecule has 0 spiro atoms. The summed E-state index contributed by atoms with van der Waals surface area (Å²) >= 11 is 3.91. The van der Waals surface area contributed by atoms with Gasteiger partial charge in [0.1, 0.15) is 6.61 Å². The molecule has 0 bridgehead atoms. The minimum absolute atomic E-state index is 0.238. The molecule has 1 aliphatic heterocycles. The molecule has 3 aromatic rings. The van der Waals surface area contributed by atoms with Crippen LogP contribution in [0.1, 0.15) is 5.56 Å². The predicted octanol–water partition coefficient (Wildman–Crippen LogP) is 4.89. The van der Waals surface area contributed by atoms with Gasteiger partial charge in [0.05, 0.1) is 0 Å². The highest BCUT2D eigenvalue weighted by Crippen LogP contribution is 2.19. The molecule has 0 N–H and O–H groups in total. The van der Waals surface area contributed by atoms with Gasteiger partial charge in [-0.2, -0.15) is 0 Å². The Morgan fingerprint density at radius 3 is 2.18 bits per heavy atom. The smallest absolute Gasteiger partial charge is 0.410 e. The number of carbonyl (C=O) groups excluding carboxylic acids is 1. The average Bonchev–Trinajstić information content (AvgIpc) is 3.29. The summed E-state index contributed by atoms with van der Waals surface area (Å²) in [6.07, 6.45) is 1.57. The predicted molar refractivity (Wildman–Crippen MR) is 122 cm³/mol. The van der Waals surface area contributed by atoms with Crippen LogP contribution >= 0.6 is 33.9 Å². The minimum atomic E-state index is -0.238. The van der Waals surface area contributed by atoms with Crippen LogP contribution in [0.5, 0.6) is 0 Å². The molecule has 1 amide bonds. The first-order valence-electron chi connectivity index (χ1n) is 9.03. The Morgan fingerprint density at radius 1 is 1.00 bits per heavy atom. The highest BCUT2D eigenvalue weighted by Gasteiger charge is 2.23. The van der Waals surface area contributed by atoms with Crippen molar-refractivity contribution in [3.8, 4) is 0 Å². The zero-order valence-electron chi connectivity index (χ0n) is 15.4. The summed E-state index contributed by atoms with van der Waals surface area (Å²) in [6, 6.07) is 19.9. The van der Waals surface area contributed by atoms with Crippen molar-refractivity contribution in [1.29, 1.82) is 0 Å². The topological polar surface area (TPSA) is 45.7 Å². The fourth-order valence-electron chi connectivity index (χ4n) is 2.68. The van der Waals surface area contributed by atoms with Gasteiger partial charge >= 0.3 is 6.09 Å². The van der Waals surface area contributed by atoms with E-state index in [1.54, 1.807) is 22.4 Å². The number of nitrogens with zero attached hydrogens (tertiary/aromatic N) is 3. The molecule has 0 unspecified atom stereocenters. The lowest BCUT2D eigenvalue weighted by Gasteiger charge is -2.33. The molecule has 1 aliphatic rings. The SMILES string of the molecule is Ic1ccccc1.O=C(OCc1ccccc1)N1CCN(c2nccs2)CC1. The van der Waals surface area contributed by atoms with Gasteiger partial charge in [0, 0.05) is 41.3 Å². The molecule has 1 aromatic heterocycles. The van der Waals surface area contributed by atoms with E-state index in [9.17, 15) is 4.79 Å². The van der Waals surface area contributed by atoms with E-state index in [0.29, 0.717) is 19.7 Å². The highest BCUT2D eigenvalue weighted by molar-refractivity contribution is 14.1. The van der Waals surface area contributed by atoms with E-state index in [-0.39, 0.29) is 6.09 Å². The molecule has 146 valence electrons. The molecule has 4 rings (SSSR count). The van der Waals surface area contributed by atoms with Crippen LogP contribution in [0.4, 0.5) is 9.93 Å². The first-order chi connectivity index (χ1) is 13.7. The molecule has 0 radical (unpaired) electrons. The van der Waals surface area contributed by atoms with Crippen LogP contribution in [0.25, 0.3) is 0 Å². The van der Waals surface area contributed by atoms with Gasteiger partial charge < -0.3 is 14.5 Å². The molecule has 2 heterocycles. The third-order valence-electron chi connectivity index (χ3n) is 4.17. The molecule has 0 atom stereocenters. The number of thiazole rings is 1. The standard InChI is InChI=1S/C15H17N3O2S.C6H5I/c19-15(20-12-13-4-2-1-3-5-13)18-9-7-17(8-10-18)14-16-6-11-21-14;7-6-4-2-1-3-5-6/h1-6,11H,7-10,12H2;1-5H. The Hall–Kier alpha value is -2.13. The van der Waals surface area contributed by atoms with E-state index in [0.717, 1.165) is 23.8 Å². The third-order valence-corrected chi connectivity index (χ3v) is 5.72. The van der Waals surface area contributed by atoms with Gasteiger partial charge in [0.2, 0.25) is 0 Å². The lowest BCUT2D eigenvalue weighted by Crippen LogP contribution is -2.48. The van der Waals surface area contributed by atoms with Gasteiger partial charge in [-0.3, -0.25) is 0 Å². The summed E-state index contributed by atoms with van der Waals surface area (Å²) in [5.74, 6) is 0. The van der Waals surface area contributed by atoms with Gasteiger partial charge in [0.15, 0.2) is 5.13 Å². The first-order valence-corrected chi connectivity index (χ1v) is 11.0. The molecular weight excluding hydrogens is 485 g/mol. The van der Waals surface area contributed by atoms with E-state index in [1.807, 2.05) is 53.9 Å². The lowest BCUT2D eigenvalue weighted by molar-refractivity contribution is 0.0942. The number of hydrogen-bond donors (Lipinski definition) is 0. The van der Waals surface area contributed by atoms with E-state index in [2.05, 4.69) is 44.6 Å². The number of anilines is 1. The molecule has 0 saturated carbocycles. The number of ether oxygens (including phenoxy) is 1. The number of carbonyl (C=O) groups is 1. The molecule has 5 nitrogen and oxygen atoms in total. The number of aromatic nitrogens is 1. The van der Waals surface area contributed by atoms with Gasteiger partial charge in [0.25, 0.3) is 0 Å². The van der Waals surface area contributed by atoms with E-state index in [4.69, 9.17) is 4.74 Å². The normalized spacial score (nSPS) is 13.5. The van der Waals surface area contributed by atoms with Gasteiger partial charge in [-0.1, -0.05) is 48.5 Å². The Balaban J connectivity index is 0.000000271. The second-order valence-corrected chi connectivity index (χ2v) is 8.24. The van der Waals surface area contributed by atoms with Crippen molar-refractivity contribution in [3.63, 3.8) is 0 Å². The summed E-state index contributed by atoms with van der Waals surface area (Å²) in [5.41, 5.74) is 1.01. The maximum absolute atomic E-state index is 12.0. The number of rotatable bonds is 3. The average molecular weight is 507 g/mol. The highest BCUT2D eigenvalue weighted by atomic mass is 127. The fourth-order valence-corrected chi connectivity index (χ4v) is 3.79. The Labute approximate surface area is 183 Å². The molecular formula is C21H22IN3O2S. The molecule has 1 saturated heterocycles. The fraction of sp³-hybridized carbons (Fsp3) is 0.238. The van der Waals surface area contributed by atoms with Crippen molar-refractivity contribution in [2.45, 2.75) is 6.61 Å². The Bertz CT molecular complexity index is 823. The van der Waals surface area contributed by atoms with Crippen molar-refractivity contribution in [2.24, 2.45) is 0 Å². The summed E-state index contributed by atoms with van der Waals surface area (Å²) in [4.78, 5) is 20.3. The number of benzene rings is 2. The molecule has 28 heavy (non-hydrogen) atoms. The van der Waals surface area contributed by atoms with E-state index >= 15 is 0 Å². The van der Waals surface area contributed by atoms with Crippen LogP contribution in [0.15, 0.2) is 72.2 Å². The quantitative estimate of drug-likeness (QED) is 0.474. The van der Waals surface area contributed by atoms with Crippen LogP contribution in [0, 0.1) is 3.57 Å². The van der Waals surface area contributed by atoms with Gasteiger partial charge in [-0.05, 0) is 40.3 Å². The van der Waals surface area contributed by atoms with Gasteiger partial charge in [-0.15, -0.1) is 11.3 Å². The molecule has 2 aromatic carbocycles. The minimum Gasteiger partial charge on any atom is -0.445 e. The number of halogens is 1. The maximum atomic E-state index is 12.0. The van der Waals surface area contributed by atoms with Crippen molar-refractivity contribution in [3.05, 3.63) is 81.4 Å². The van der Waals surface area contributed by atoms with Crippen LogP contribution in [-0.4, -0.2) is 42.2 Å². The largest absolute Gasteiger partial charge is 0.445 e. The first kappa shape index (κ1) is 20.6. The molecule has 1 fully saturated rings. The number of hydrogen-bond acceptors (Lipinski definition) is 5. The lowest BCUT2D eigenvalue weighted by atomic mass is 10.2. The number of piperazine rings is 1. The monoisotopic (exact) mass is 507 g/mol. The summed E-state index contributed by atoms with van der Waals surface area (Å²) < 4.78 is 6.64. The van der Waals surface area contributed by atoms with Crippen LogP contribution in [0.2, 0.25) is 0 Å². The number of amides is 1. The second-order valence-electron chi connectivity index (χ2n) is 6.12. The molecule has 7 heteroatoms. The second kappa shape index (κ2) is 11.0. The van der Waals surface area contributed by atoms with E-state index < -0.39 is 0 Å². The van der Waals surface area contributed by atoms with Crippen LogP contribution < -0.4 is 4.90 Å². The summed E-state index contributed by atoms with van der Waals surface area (Å²) in [6.45, 7) is 3.27. The maximum Gasteiger partial charge on any atom is 0.410 e. The van der Waals surface area contributed by atoms with Crippen LogP contribution in [0.3, 0.4) is 0 Å². The third kappa shape index (κ3) is 6.49. The van der Waals surface area contributed by atoms with Crippen molar-refractivity contribution >= 4 is 45.2 Å². The summed E-state index contributed by atoms with van der Waals surface area (Å²) in [7, 11) is 0. The summed E-state index contributed by atoms with van der Waals surface area (Å²) in [5, 5.41) is 2.99. The Kier molecular flexibility index (Phi) is 8.10. The van der Waals surface area contributed by atoms with Gasteiger partial charge in [-0.25, -0.2) is 9.78 Å².